The van der Waals surface area contributed by atoms with E-state index in [4.69, 9.17) is 16.3 Å². The van der Waals surface area contributed by atoms with Gasteiger partial charge in [0.1, 0.15) is 6.04 Å². The van der Waals surface area contributed by atoms with Gasteiger partial charge in [-0.3, -0.25) is 9.59 Å². The Hall–Kier alpha value is -2.02. The Morgan fingerprint density at radius 3 is 2.45 bits per heavy atom. The molecule has 0 aliphatic rings. The van der Waals surface area contributed by atoms with Crippen LogP contribution in [0.2, 0.25) is 5.02 Å². The minimum absolute atomic E-state index is 0.236. The largest absolute Gasteiger partial charge is 0.372 e. The van der Waals surface area contributed by atoms with Crippen LogP contribution in [-0.2, 0) is 9.53 Å². The van der Waals surface area contributed by atoms with Gasteiger partial charge in [0.15, 0.2) is 0 Å². The number of nitrogens with one attached hydrogen (secondary N) is 2. The van der Waals surface area contributed by atoms with E-state index in [0.717, 1.165) is 11.3 Å². The van der Waals surface area contributed by atoms with Gasteiger partial charge in [0.25, 0.3) is 5.91 Å². The average Bonchev–Trinajstić information content (AvgIpc) is 2.74. The van der Waals surface area contributed by atoms with Gasteiger partial charge in [-0.25, -0.2) is 0 Å². The summed E-state index contributed by atoms with van der Waals surface area (Å²) in [5.74, 6) is 0.149. The third-order valence-corrected chi connectivity index (χ3v) is 5.33. The van der Waals surface area contributed by atoms with Crippen LogP contribution >= 0.6 is 23.4 Å². The third-order valence-electron chi connectivity index (χ3n) is 4.35. The Balaban J connectivity index is 2.03. The summed E-state index contributed by atoms with van der Waals surface area (Å²) in [6, 6.07) is 15.9. The number of benzene rings is 2. The predicted molar refractivity (Wildman–Crippen MR) is 120 cm³/mol. The Bertz CT molecular complexity index is 789. The highest BCUT2D eigenvalue weighted by molar-refractivity contribution is 7.98. The summed E-state index contributed by atoms with van der Waals surface area (Å²) in [5, 5.41) is 6.10. The van der Waals surface area contributed by atoms with Crippen molar-refractivity contribution in [3.8, 4) is 0 Å². The molecular formula is C22H27ClN2O3S. The van der Waals surface area contributed by atoms with Crippen LogP contribution < -0.4 is 10.6 Å². The van der Waals surface area contributed by atoms with Crippen LogP contribution in [0.5, 0.6) is 0 Å². The Labute approximate surface area is 181 Å². The van der Waals surface area contributed by atoms with Gasteiger partial charge in [0, 0.05) is 13.2 Å². The fraction of sp³-hybridized carbons (Fsp3) is 0.364. The normalized spacial score (nSPS) is 12.8. The van der Waals surface area contributed by atoms with Crippen LogP contribution in [0.4, 0.5) is 0 Å². The highest BCUT2D eigenvalue weighted by Crippen LogP contribution is 2.17. The van der Waals surface area contributed by atoms with Crippen LogP contribution in [0.25, 0.3) is 0 Å². The summed E-state index contributed by atoms with van der Waals surface area (Å²) in [6.45, 7) is 2.78. The van der Waals surface area contributed by atoms with E-state index in [2.05, 4.69) is 10.6 Å². The van der Waals surface area contributed by atoms with Crippen molar-refractivity contribution in [2.24, 2.45) is 0 Å². The van der Waals surface area contributed by atoms with Crippen LogP contribution in [0.1, 0.15) is 35.4 Å². The van der Waals surface area contributed by atoms with E-state index in [1.807, 2.05) is 43.5 Å². The van der Waals surface area contributed by atoms with E-state index >= 15 is 0 Å². The van der Waals surface area contributed by atoms with E-state index in [0.29, 0.717) is 30.2 Å². The minimum Gasteiger partial charge on any atom is -0.372 e. The van der Waals surface area contributed by atoms with E-state index in [1.165, 1.54) is 0 Å². The molecule has 0 radical (unpaired) electrons. The number of hydrogen-bond donors (Lipinski definition) is 2. The molecule has 2 aromatic rings. The lowest BCUT2D eigenvalue weighted by Crippen LogP contribution is -2.48. The molecule has 0 fully saturated rings. The SMILES string of the molecule is CCO[C@H](CNC(=O)[C@H](CCSC)NC(=O)c1ccccc1Cl)c1ccccc1. The third kappa shape index (κ3) is 7.38. The number of thioether (sulfide) groups is 1. The number of hydrogen-bond acceptors (Lipinski definition) is 4. The van der Waals surface area contributed by atoms with Crippen LogP contribution in [0.15, 0.2) is 54.6 Å². The molecule has 0 bridgehead atoms. The molecule has 0 spiro atoms. The van der Waals surface area contributed by atoms with Crippen molar-refractivity contribution in [1.29, 1.82) is 0 Å². The number of carbonyl (C=O) groups excluding carboxylic acids is 2. The zero-order valence-corrected chi connectivity index (χ0v) is 18.3. The van der Waals surface area contributed by atoms with E-state index in [-0.39, 0.29) is 17.9 Å². The van der Waals surface area contributed by atoms with Crippen molar-refractivity contribution in [3.63, 3.8) is 0 Å². The van der Waals surface area contributed by atoms with Crippen molar-refractivity contribution in [1.82, 2.24) is 10.6 Å². The van der Waals surface area contributed by atoms with Gasteiger partial charge in [-0.05, 0) is 43.0 Å². The van der Waals surface area contributed by atoms with Crippen molar-refractivity contribution in [2.75, 3.05) is 25.2 Å². The maximum Gasteiger partial charge on any atom is 0.253 e. The molecule has 0 aromatic heterocycles. The highest BCUT2D eigenvalue weighted by Gasteiger charge is 2.23. The molecule has 7 heteroatoms. The molecule has 2 rings (SSSR count). The molecule has 2 amide bonds. The molecule has 0 aliphatic heterocycles. The van der Waals surface area contributed by atoms with Crippen molar-refractivity contribution < 1.29 is 14.3 Å². The van der Waals surface area contributed by atoms with Gasteiger partial charge in [-0.1, -0.05) is 54.1 Å². The quantitative estimate of drug-likeness (QED) is 0.559. The summed E-state index contributed by atoms with van der Waals surface area (Å²) >= 11 is 7.73. The Morgan fingerprint density at radius 2 is 1.79 bits per heavy atom. The average molecular weight is 435 g/mol. The Morgan fingerprint density at radius 1 is 1.10 bits per heavy atom. The lowest BCUT2D eigenvalue weighted by Gasteiger charge is -2.22. The van der Waals surface area contributed by atoms with Crippen LogP contribution in [-0.4, -0.2) is 43.0 Å². The maximum atomic E-state index is 12.8. The second-order valence-corrected chi connectivity index (χ2v) is 7.78. The molecule has 0 unspecified atom stereocenters. The second-order valence-electron chi connectivity index (χ2n) is 6.39. The highest BCUT2D eigenvalue weighted by atomic mass is 35.5. The van der Waals surface area contributed by atoms with Crippen LogP contribution in [0.3, 0.4) is 0 Å². The predicted octanol–water partition coefficient (Wildman–Crippen LogP) is 4.09. The molecule has 29 heavy (non-hydrogen) atoms. The van der Waals surface area contributed by atoms with Crippen LogP contribution in [0, 0.1) is 0 Å². The lowest BCUT2D eigenvalue weighted by atomic mass is 10.1. The monoisotopic (exact) mass is 434 g/mol. The fourth-order valence-corrected chi connectivity index (χ4v) is 3.54. The molecule has 0 saturated heterocycles. The molecular weight excluding hydrogens is 408 g/mol. The van der Waals surface area contributed by atoms with E-state index in [9.17, 15) is 9.59 Å². The topological polar surface area (TPSA) is 67.4 Å². The van der Waals surface area contributed by atoms with E-state index < -0.39 is 6.04 Å². The summed E-state index contributed by atoms with van der Waals surface area (Å²) in [6.07, 6.45) is 2.24. The molecule has 0 heterocycles. The number of amides is 2. The second kappa shape index (κ2) is 12.5. The zero-order chi connectivity index (χ0) is 21.1. The maximum absolute atomic E-state index is 12.8. The summed E-state index contributed by atoms with van der Waals surface area (Å²) in [5.41, 5.74) is 1.35. The minimum atomic E-state index is -0.649. The van der Waals surface area contributed by atoms with Gasteiger partial charge in [-0.2, -0.15) is 11.8 Å². The summed E-state index contributed by atoms with van der Waals surface area (Å²) in [4.78, 5) is 25.4. The molecule has 156 valence electrons. The van der Waals surface area contributed by atoms with E-state index in [1.54, 1.807) is 36.0 Å². The standard InChI is InChI=1S/C22H27ClN2O3S/c1-3-28-20(16-9-5-4-6-10-16)15-24-22(27)19(13-14-29-2)25-21(26)17-11-7-8-12-18(17)23/h4-12,19-20H,3,13-15H2,1-2H3,(H,24,27)(H,25,26)/t19-,20+/m0/s1. The first kappa shape index (κ1) is 23.3. The first-order chi connectivity index (χ1) is 14.1. The Kier molecular flexibility index (Phi) is 10.0. The van der Waals surface area contributed by atoms with Gasteiger partial charge >= 0.3 is 0 Å². The summed E-state index contributed by atoms with van der Waals surface area (Å²) < 4.78 is 5.78. The molecule has 0 aliphatic carbocycles. The molecule has 2 N–H and O–H groups in total. The number of halogens is 1. The molecule has 2 atom stereocenters. The van der Waals surface area contributed by atoms with Gasteiger partial charge < -0.3 is 15.4 Å². The van der Waals surface area contributed by atoms with Crippen molar-refractivity contribution in [3.05, 3.63) is 70.7 Å². The smallest absolute Gasteiger partial charge is 0.253 e. The van der Waals surface area contributed by atoms with Gasteiger partial charge in [0.2, 0.25) is 5.91 Å². The number of carbonyl (C=O) groups is 2. The first-order valence-electron chi connectivity index (χ1n) is 9.55. The zero-order valence-electron chi connectivity index (χ0n) is 16.7. The van der Waals surface area contributed by atoms with Crippen molar-refractivity contribution in [2.45, 2.75) is 25.5 Å². The van der Waals surface area contributed by atoms with Gasteiger partial charge in [-0.15, -0.1) is 0 Å². The van der Waals surface area contributed by atoms with Crippen molar-refractivity contribution >= 4 is 35.2 Å². The molecule has 5 nitrogen and oxygen atoms in total. The molecule has 0 saturated carbocycles. The number of rotatable bonds is 11. The molecule has 2 aromatic carbocycles. The van der Waals surface area contributed by atoms with Gasteiger partial charge in [0.05, 0.1) is 16.7 Å². The lowest BCUT2D eigenvalue weighted by molar-refractivity contribution is -0.123. The fourth-order valence-electron chi connectivity index (χ4n) is 2.84. The summed E-state index contributed by atoms with van der Waals surface area (Å²) in [7, 11) is 0. The number of ether oxygens (including phenoxy) is 1. The first-order valence-corrected chi connectivity index (χ1v) is 11.3.